The number of amides is 1. The van der Waals surface area contributed by atoms with Gasteiger partial charge in [-0.15, -0.1) is 0 Å². The van der Waals surface area contributed by atoms with E-state index in [0.29, 0.717) is 24.2 Å². The number of hydrogen-bond donors (Lipinski definition) is 3. The van der Waals surface area contributed by atoms with Crippen LogP contribution in [0.25, 0.3) is 0 Å². The molecule has 2 aromatic carbocycles. The quantitative estimate of drug-likeness (QED) is 0.286. The number of aromatic nitrogens is 2. The molecule has 0 spiro atoms. The zero-order chi connectivity index (χ0) is 29.8. The van der Waals surface area contributed by atoms with Crippen LogP contribution in [-0.4, -0.2) is 65.0 Å². The highest BCUT2D eigenvalue weighted by Gasteiger charge is 2.25. The van der Waals surface area contributed by atoms with E-state index in [0.717, 1.165) is 5.56 Å². The number of imidazole rings is 1. The third kappa shape index (κ3) is 10.2. The lowest BCUT2D eigenvalue weighted by Gasteiger charge is -2.27. The van der Waals surface area contributed by atoms with Gasteiger partial charge in [0.2, 0.25) is 5.91 Å². The van der Waals surface area contributed by atoms with Crippen molar-refractivity contribution in [3.05, 3.63) is 96.3 Å². The maximum absolute atomic E-state index is 13.6. The number of hydrogen-bond acceptors (Lipinski definition) is 7. The van der Waals surface area contributed by atoms with Gasteiger partial charge in [-0.05, 0) is 70.1 Å². The number of ether oxygens (including phenoxy) is 1. The number of anilines is 1. The largest absolute Gasteiger partial charge is 0.374 e. The first kappa shape index (κ1) is 31.7. The second kappa shape index (κ2) is 15.2. The van der Waals surface area contributed by atoms with Crippen molar-refractivity contribution in [1.82, 2.24) is 19.8 Å². The molecular weight excluding hydrogens is 523 g/mol. The zero-order valence-corrected chi connectivity index (χ0v) is 24.1. The van der Waals surface area contributed by atoms with Crippen molar-refractivity contribution in [1.29, 1.82) is 0 Å². The summed E-state index contributed by atoms with van der Waals surface area (Å²) >= 11 is 0. The Morgan fingerprint density at radius 1 is 1.20 bits per heavy atom. The van der Waals surface area contributed by atoms with E-state index >= 15 is 0 Å². The lowest BCUT2D eigenvalue weighted by atomic mass is 10.0. The molecule has 4 rings (SSSR count). The number of halogens is 1. The smallest absolute Gasteiger partial charge is 0.250 e. The Hall–Kier alpha value is -3.86. The molecule has 2 unspecified atom stereocenters. The fraction of sp³-hybridized carbons (Fsp3) is 0.387. The van der Waals surface area contributed by atoms with Crippen LogP contribution < -0.4 is 16.4 Å². The summed E-state index contributed by atoms with van der Waals surface area (Å²) in [6.07, 6.45) is 6.41. The van der Waals surface area contributed by atoms with Gasteiger partial charge in [-0.1, -0.05) is 49.0 Å². The van der Waals surface area contributed by atoms with E-state index in [-0.39, 0.29) is 12.4 Å². The number of aldehydes is 1. The average molecular weight is 565 g/mol. The van der Waals surface area contributed by atoms with Gasteiger partial charge in [-0.25, -0.2) is 9.37 Å². The highest BCUT2D eigenvalue weighted by Crippen LogP contribution is 2.19. The molecule has 0 saturated carbocycles. The van der Waals surface area contributed by atoms with E-state index < -0.39 is 29.3 Å². The van der Waals surface area contributed by atoms with Crippen LogP contribution in [0.2, 0.25) is 0 Å². The summed E-state index contributed by atoms with van der Waals surface area (Å²) in [6, 6.07) is 13.8. The van der Waals surface area contributed by atoms with Crippen molar-refractivity contribution in [2.24, 2.45) is 5.73 Å². The fourth-order valence-electron chi connectivity index (χ4n) is 4.10. The minimum atomic E-state index is -0.802. The van der Waals surface area contributed by atoms with Crippen LogP contribution in [0.1, 0.15) is 43.9 Å². The van der Waals surface area contributed by atoms with Crippen LogP contribution in [0.15, 0.2) is 79.4 Å². The van der Waals surface area contributed by atoms with E-state index in [4.69, 9.17) is 10.5 Å². The number of nitrogens with one attached hydrogen (secondary N) is 2. The maximum atomic E-state index is 13.6. The van der Waals surface area contributed by atoms with Gasteiger partial charge < -0.3 is 35.4 Å². The van der Waals surface area contributed by atoms with Gasteiger partial charge in [0.05, 0.1) is 19.5 Å². The molecule has 3 aromatic rings. The third-order valence-electron chi connectivity index (χ3n) is 6.66. The maximum Gasteiger partial charge on any atom is 0.250 e. The molecule has 4 N–H and O–H groups in total. The van der Waals surface area contributed by atoms with Crippen LogP contribution in [0.5, 0.6) is 0 Å². The molecule has 10 heteroatoms. The molecule has 1 saturated heterocycles. The fourth-order valence-corrected chi connectivity index (χ4v) is 4.10. The molecule has 41 heavy (non-hydrogen) atoms. The summed E-state index contributed by atoms with van der Waals surface area (Å²) in [7, 11) is 2.17. The number of nitrogens with zero attached hydrogens (tertiary/aromatic N) is 3. The normalized spacial score (nSPS) is 14.9. The van der Waals surface area contributed by atoms with Crippen LogP contribution in [0, 0.1) is 5.82 Å². The Morgan fingerprint density at radius 3 is 2.49 bits per heavy atom. The van der Waals surface area contributed by atoms with E-state index in [1.54, 1.807) is 19.9 Å². The number of nitrogens with two attached hydrogens (primary N) is 1. The molecule has 1 fully saturated rings. The molecular formula is C31H41FN6O3. The van der Waals surface area contributed by atoms with Crippen molar-refractivity contribution in [3.8, 4) is 0 Å². The number of likely N-dealkylation sites (tertiary alicyclic amines) is 1. The number of rotatable bonds is 12. The Bertz CT molecular complexity index is 1270. The molecule has 2 heterocycles. The molecule has 0 aliphatic carbocycles. The third-order valence-corrected chi connectivity index (χ3v) is 6.66. The van der Waals surface area contributed by atoms with Crippen molar-refractivity contribution < 1.29 is 18.7 Å². The predicted octanol–water partition coefficient (Wildman–Crippen LogP) is 3.89. The van der Waals surface area contributed by atoms with E-state index in [1.807, 2.05) is 30.3 Å². The first-order valence-electron chi connectivity index (χ1n) is 13.7. The number of carbonyl (C=O) groups is 2. The molecule has 1 aliphatic heterocycles. The van der Waals surface area contributed by atoms with Gasteiger partial charge >= 0.3 is 0 Å². The van der Waals surface area contributed by atoms with Crippen molar-refractivity contribution >= 4 is 18.0 Å². The minimum absolute atomic E-state index is 0.0524. The molecule has 0 radical (unpaired) electrons. The SMILES string of the molecule is C=C(NC(COCc1ccccc1)C(=O)Nc1cn(C(C=O)c2cccc(F)c2)cn1)C(C)(C)N.CN1CCCC1. The molecule has 2 atom stereocenters. The van der Waals surface area contributed by atoms with E-state index in [2.05, 4.69) is 34.1 Å². The van der Waals surface area contributed by atoms with E-state index in [1.165, 1.54) is 61.2 Å². The number of carbonyl (C=O) groups excluding carboxylic acids is 2. The van der Waals surface area contributed by atoms with Crippen molar-refractivity contribution in [2.45, 2.75) is 50.9 Å². The second-order valence-electron chi connectivity index (χ2n) is 10.7. The summed E-state index contributed by atoms with van der Waals surface area (Å²) in [5, 5.41) is 5.77. The summed E-state index contributed by atoms with van der Waals surface area (Å²) in [5.41, 5.74) is 7.25. The monoisotopic (exact) mass is 564 g/mol. The molecule has 0 bridgehead atoms. The van der Waals surface area contributed by atoms with Gasteiger partial charge in [0, 0.05) is 17.4 Å². The topological polar surface area (TPSA) is 115 Å². The molecule has 220 valence electrons. The van der Waals surface area contributed by atoms with Crippen molar-refractivity contribution in [2.75, 3.05) is 32.1 Å². The average Bonchev–Trinajstić information content (AvgIpc) is 3.60. The van der Waals surface area contributed by atoms with E-state index in [9.17, 15) is 14.0 Å². The van der Waals surface area contributed by atoms with Gasteiger partial charge in [-0.3, -0.25) is 4.79 Å². The molecule has 9 nitrogen and oxygen atoms in total. The van der Waals surface area contributed by atoms with Crippen LogP contribution in [0.3, 0.4) is 0 Å². The van der Waals surface area contributed by atoms with Gasteiger partial charge in [-0.2, -0.15) is 0 Å². The first-order valence-corrected chi connectivity index (χ1v) is 13.7. The Labute approximate surface area is 241 Å². The standard InChI is InChI=1S/C26H30FN5O3.C5H11N/c1-18(26(2,3)28)30-22(16-35-15-19-8-5-4-6-9-19)25(34)31-24-13-32(17-29-24)23(14-33)20-10-7-11-21(27)12-20;1-6-4-2-3-5-6/h4-14,17,22-23,30H,1,15-16,28H2,2-3H3,(H,31,34);2-5H2,1H3. The van der Waals surface area contributed by atoms with Crippen LogP contribution in [-0.2, 0) is 20.9 Å². The second-order valence-corrected chi connectivity index (χ2v) is 10.7. The summed E-state index contributed by atoms with van der Waals surface area (Å²) in [5.74, 6) is -0.636. The lowest BCUT2D eigenvalue weighted by Crippen LogP contribution is -2.49. The number of benzene rings is 2. The summed E-state index contributed by atoms with van der Waals surface area (Å²) in [6.45, 7) is 10.5. The summed E-state index contributed by atoms with van der Waals surface area (Å²) < 4.78 is 20.9. The molecule has 1 aliphatic rings. The predicted molar refractivity (Wildman–Crippen MR) is 159 cm³/mol. The lowest BCUT2D eigenvalue weighted by molar-refractivity contribution is -0.119. The van der Waals surface area contributed by atoms with Gasteiger partial charge in [0.25, 0.3) is 0 Å². The Balaban J connectivity index is 0.000000681. The molecule has 1 aromatic heterocycles. The van der Waals surface area contributed by atoms with Crippen LogP contribution >= 0.6 is 0 Å². The highest BCUT2D eigenvalue weighted by atomic mass is 19.1. The van der Waals surface area contributed by atoms with Crippen molar-refractivity contribution in [3.63, 3.8) is 0 Å². The zero-order valence-electron chi connectivity index (χ0n) is 24.1. The van der Waals surface area contributed by atoms with Crippen LogP contribution in [0.4, 0.5) is 10.2 Å². The Kier molecular flexibility index (Phi) is 11.8. The highest BCUT2D eigenvalue weighted by molar-refractivity contribution is 5.94. The van der Waals surface area contributed by atoms with Gasteiger partial charge in [0.15, 0.2) is 5.82 Å². The Morgan fingerprint density at radius 2 is 1.90 bits per heavy atom. The minimum Gasteiger partial charge on any atom is -0.374 e. The summed E-state index contributed by atoms with van der Waals surface area (Å²) in [4.78, 5) is 31.3. The first-order chi connectivity index (χ1) is 19.6. The molecule has 1 amide bonds. The van der Waals surface area contributed by atoms with Gasteiger partial charge in [0.1, 0.15) is 24.2 Å².